The van der Waals surface area contributed by atoms with Crippen molar-refractivity contribution in [2.45, 2.75) is 11.8 Å². The number of aromatic carboxylic acids is 1. The fourth-order valence-corrected chi connectivity index (χ4v) is 4.04. The molecule has 1 aliphatic rings. The monoisotopic (exact) mass is 333 g/mol. The van der Waals surface area contributed by atoms with Gasteiger partial charge < -0.3 is 9.84 Å². The van der Waals surface area contributed by atoms with Gasteiger partial charge in [-0.3, -0.25) is 4.31 Å². The zero-order valence-electron chi connectivity index (χ0n) is 12.4. The molecule has 0 aliphatic carbocycles. The van der Waals surface area contributed by atoms with Gasteiger partial charge in [0.2, 0.25) is 0 Å². The fourth-order valence-electron chi connectivity index (χ4n) is 2.48. The average Bonchev–Trinajstić information content (AvgIpc) is 2.53. The van der Waals surface area contributed by atoms with Crippen molar-refractivity contribution < 1.29 is 23.1 Å². The Bertz CT molecular complexity index is 876. The number of carbonyl (C=O) groups is 1. The van der Waals surface area contributed by atoms with Crippen LogP contribution in [-0.4, -0.2) is 32.6 Å². The minimum atomic E-state index is -3.78. The first-order valence-electron chi connectivity index (χ1n) is 6.99. The number of aryl methyl sites for hydroxylation is 1. The minimum Gasteiger partial charge on any atom is -0.489 e. The SMILES string of the molecule is Cc1cccc(S(=O)(=O)N2CCOc3ccc(C(=O)O)cc32)c1. The lowest BCUT2D eigenvalue weighted by molar-refractivity contribution is 0.0697. The Hall–Kier alpha value is -2.54. The van der Waals surface area contributed by atoms with Crippen molar-refractivity contribution in [3.05, 3.63) is 53.6 Å². The number of ether oxygens (including phenoxy) is 1. The van der Waals surface area contributed by atoms with E-state index in [0.29, 0.717) is 5.75 Å². The van der Waals surface area contributed by atoms with Gasteiger partial charge in [0.05, 0.1) is 22.7 Å². The maximum absolute atomic E-state index is 12.9. The van der Waals surface area contributed by atoms with Crippen LogP contribution in [0.1, 0.15) is 15.9 Å². The van der Waals surface area contributed by atoms with Crippen molar-refractivity contribution in [3.63, 3.8) is 0 Å². The molecule has 0 radical (unpaired) electrons. The van der Waals surface area contributed by atoms with E-state index in [0.717, 1.165) is 5.56 Å². The Kier molecular flexibility index (Phi) is 3.73. The van der Waals surface area contributed by atoms with Crippen LogP contribution < -0.4 is 9.04 Å². The van der Waals surface area contributed by atoms with E-state index >= 15 is 0 Å². The van der Waals surface area contributed by atoms with Gasteiger partial charge in [-0.1, -0.05) is 12.1 Å². The van der Waals surface area contributed by atoms with Crippen LogP contribution in [0.15, 0.2) is 47.4 Å². The third kappa shape index (κ3) is 2.75. The van der Waals surface area contributed by atoms with E-state index in [9.17, 15) is 13.2 Å². The Balaban J connectivity index is 2.12. The Morgan fingerprint density at radius 2 is 2.00 bits per heavy atom. The number of fused-ring (bicyclic) bond motifs is 1. The maximum Gasteiger partial charge on any atom is 0.335 e. The van der Waals surface area contributed by atoms with Gasteiger partial charge in [-0.2, -0.15) is 0 Å². The van der Waals surface area contributed by atoms with Crippen LogP contribution in [-0.2, 0) is 10.0 Å². The highest BCUT2D eigenvalue weighted by atomic mass is 32.2. The normalized spacial score (nSPS) is 14.0. The standard InChI is InChI=1S/C16H15NO5S/c1-11-3-2-4-13(9-11)23(20,21)17-7-8-22-15-6-5-12(16(18)19)10-14(15)17/h2-6,9-10H,7-8H2,1H3,(H,18,19). The van der Waals surface area contributed by atoms with Crippen molar-refractivity contribution in [1.29, 1.82) is 0 Å². The van der Waals surface area contributed by atoms with Crippen molar-refractivity contribution in [2.75, 3.05) is 17.5 Å². The molecule has 0 saturated heterocycles. The molecule has 0 aromatic heterocycles. The van der Waals surface area contributed by atoms with E-state index in [1.165, 1.54) is 28.6 Å². The summed E-state index contributed by atoms with van der Waals surface area (Å²) in [5, 5.41) is 9.12. The second kappa shape index (κ2) is 5.58. The van der Waals surface area contributed by atoms with Crippen LogP contribution >= 0.6 is 0 Å². The van der Waals surface area contributed by atoms with Crippen LogP contribution in [0.3, 0.4) is 0 Å². The summed E-state index contributed by atoms with van der Waals surface area (Å²) in [6.45, 7) is 2.16. The molecule has 0 amide bonds. The summed E-state index contributed by atoms with van der Waals surface area (Å²) in [5.74, 6) is -0.760. The molecule has 3 rings (SSSR count). The van der Waals surface area contributed by atoms with Crippen molar-refractivity contribution >= 4 is 21.7 Å². The molecule has 1 N–H and O–H groups in total. The summed E-state index contributed by atoms with van der Waals surface area (Å²) >= 11 is 0. The minimum absolute atomic E-state index is 0.0127. The molecule has 0 fully saturated rings. The van der Waals surface area contributed by atoms with Crippen molar-refractivity contribution in [3.8, 4) is 5.75 Å². The second-order valence-electron chi connectivity index (χ2n) is 5.23. The van der Waals surface area contributed by atoms with Gasteiger partial charge in [0, 0.05) is 0 Å². The molecular formula is C16H15NO5S. The van der Waals surface area contributed by atoms with E-state index < -0.39 is 16.0 Å². The first-order chi connectivity index (χ1) is 10.9. The highest BCUT2D eigenvalue weighted by Crippen LogP contribution is 2.36. The number of hydrogen-bond donors (Lipinski definition) is 1. The molecule has 0 saturated carbocycles. The highest BCUT2D eigenvalue weighted by Gasteiger charge is 2.30. The van der Waals surface area contributed by atoms with Gasteiger partial charge in [0.1, 0.15) is 12.4 Å². The molecule has 120 valence electrons. The Morgan fingerprint density at radius 3 is 2.70 bits per heavy atom. The molecule has 0 atom stereocenters. The number of sulfonamides is 1. The largest absolute Gasteiger partial charge is 0.489 e. The number of carboxylic acid groups (broad SMARTS) is 1. The van der Waals surface area contributed by atoms with E-state index in [-0.39, 0.29) is 29.3 Å². The van der Waals surface area contributed by atoms with Crippen molar-refractivity contribution in [2.24, 2.45) is 0 Å². The number of anilines is 1. The number of benzene rings is 2. The lowest BCUT2D eigenvalue weighted by atomic mass is 10.1. The molecule has 0 spiro atoms. The van der Waals surface area contributed by atoms with Crippen LogP contribution in [0.25, 0.3) is 0 Å². The zero-order chi connectivity index (χ0) is 16.6. The summed E-state index contributed by atoms with van der Waals surface area (Å²) in [7, 11) is -3.78. The average molecular weight is 333 g/mol. The van der Waals surface area contributed by atoms with Crippen molar-refractivity contribution in [1.82, 2.24) is 0 Å². The molecule has 0 unspecified atom stereocenters. The smallest absolute Gasteiger partial charge is 0.335 e. The molecule has 7 heteroatoms. The molecule has 6 nitrogen and oxygen atoms in total. The van der Waals surface area contributed by atoms with E-state index in [1.54, 1.807) is 12.1 Å². The van der Waals surface area contributed by atoms with Gasteiger partial charge in [0.15, 0.2) is 0 Å². The zero-order valence-corrected chi connectivity index (χ0v) is 13.2. The molecular weight excluding hydrogens is 318 g/mol. The van der Waals surface area contributed by atoms with Gasteiger partial charge in [-0.25, -0.2) is 13.2 Å². The predicted molar refractivity (Wildman–Crippen MR) is 84.6 cm³/mol. The fraction of sp³-hybridized carbons (Fsp3) is 0.188. The topological polar surface area (TPSA) is 83.9 Å². The third-order valence-corrected chi connectivity index (χ3v) is 5.41. The van der Waals surface area contributed by atoms with Crippen LogP contribution in [0.4, 0.5) is 5.69 Å². The summed E-state index contributed by atoms with van der Waals surface area (Å²) in [5.41, 5.74) is 1.09. The molecule has 2 aromatic carbocycles. The number of hydrogen-bond acceptors (Lipinski definition) is 4. The molecule has 23 heavy (non-hydrogen) atoms. The van der Waals surface area contributed by atoms with E-state index in [1.807, 2.05) is 13.0 Å². The van der Waals surface area contributed by atoms with Gasteiger partial charge in [-0.05, 0) is 42.8 Å². The number of nitrogens with zero attached hydrogens (tertiary/aromatic N) is 1. The number of rotatable bonds is 3. The second-order valence-corrected chi connectivity index (χ2v) is 7.09. The van der Waals surface area contributed by atoms with Crippen LogP contribution in [0.5, 0.6) is 5.75 Å². The van der Waals surface area contributed by atoms with Gasteiger partial charge in [-0.15, -0.1) is 0 Å². The van der Waals surface area contributed by atoms with Gasteiger partial charge >= 0.3 is 5.97 Å². The van der Waals surface area contributed by atoms with E-state index in [2.05, 4.69) is 0 Å². The summed E-state index contributed by atoms with van der Waals surface area (Å²) in [4.78, 5) is 11.3. The maximum atomic E-state index is 12.9. The quantitative estimate of drug-likeness (QED) is 0.931. The van der Waals surface area contributed by atoms with Crippen LogP contribution in [0, 0.1) is 6.92 Å². The summed E-state index contributed by atoms with van der Waals surface area (Å²) in [6, 6.07) is 10.8. The molecule has 1 heterocycles. The number of carboxylic acids is 1. The molecule has 2 aromatic rings. The highest BCUT2D eigenvalue weighted by molar-refractivity contribution is 7.92. The Labute approximate surface area is 134 Å². The first-order valence-corrected chi connectivity index (χ1v) is 8.43. The molecule has 0 bridgehead atoms. The summed E-state index contributed by atoms with van der Waals surface area (Å²) in [6.07, 6.45) is 0. The predicted octanol–water partition coefficient (Wildman–Crippen LogP) is 2.28. The lowest BCUT2D eigenvalue weighted by Crippen LogP contribution is -2.38. The Morgan fingerprint density at radius 1 is 1.22 bits per heavy atom. The van der Waals surface area contributed by atoms with Crippen LogP contribution in [0.2, 0.25) is 0 Å². The molecule has 1 aliphatic heterocycles. The first kappa shape index (κ1) is 15.4. The lowest BCUT2D eigenvalue weighted by Gasteiger charge is -2.30. The summed E-state index contributed by atoms with van der Waals surface area (Å²) < 4.78 is 32.5. The van der Waals surface area contributed by atoms with Gasteiger partial charge in [0.25, 0.3) is 10.0 Å². The van der Waals surface area contributed by atoms with E-state index in [4.69, 9.17) is 9.84 Å². The third-order valence-electron chi connectivity index (χ3n) is 3.60.